The lowest BCUT2D eigenvalue weighted by Gasteiger charge is -2.26. The van der Waals surface area contributed by atoms with Crippen LogP contribution in [0.25, 0.3) is 0 Å². The molecule has 1 aromatic heterocycles. The number of aliphatic carboxylic acids is 2. The maximum atomic E-state index is 14.0. The molecule has 40 heavy (non-hydrogen) atoms. The number of carboxylic acids is 2. The smallest absolute Gasteiger partial charge is 0.475 e. The number of aromatic nitrogens is 1. The topological polar surface area (TPSA) is 129 Å². The van der Waals surface area contributed by atoms with Gasteiger partial charge in [0.05, 0.1) is 30.9 Å². The molecule has 0 radical (unpaired) electrons. The minimum atomic E-state index is -5.08. The second-order valence-electron chi connectivity index (χ2n) is 8.74. The molecule has 9 nitrogen and oxygen atoms in total. The SMILES string of the molecule is O=C(NCc1ccccn1)[C@]12COC[C@H]1CN(Cc1ccccc1F)C2.O=C(O)C(F)(F)F.O=C(O)C(F)(F)F. The second-order valence-corrected chi connectivity index (χ2v) is 8.74. The van der Waals surface area contributed by atoms with Gasteiger partial charge >= 0.3 is 24.3 Å². The summed E-state index contributed by atoms with van der Waals surface area (Å²) in [4.78, 5) is 37.2. The third kappa shape index (κ3) is 9.15. The number of hydrogen-bond acceptors (Lipinski definition) is 6. The molecule has 1 amide bonds. The van der Waals surface area contributed by atoms with Crippen molar-refractivity contribution in [2.45, 2.75) is 25.4 Å². The van der Waals surface area contributed by atoms with Gasteiger partial charge in [-0.05, 0) is 18.2 Å². The van der Waals surface area contributed by atoms with Gasteiger partial charge in [0.1, 0.15) is 5.82 Å². The van der Waals surface area contributed by atoms with Gasteiger partial charge in [-0.1, -0.05) is 24.3 Å². The van der Waals surface area contributed by atoms with Crippen LogP contribution in [0.2, 0.25) is 0 Å². The Morgan fingerprint density at radius 1 is 1.00 bits per heavy atom. The van der Waals surface area contributed by atoms with E-state index < -0.39 is 29.7 Å². The Balaban J connectivity index is 0.000000333. The van der Waals surface area contributed by atoms with E-state index in [0.29, 0.717) is 38.4 Å². The molecule has 2 fully saturated rings. The van der Waals surface area contributed by atoms with Crippen molar-refractivity contribution in [3.8, 4) is 0 Å². The molecule has 220 valence electrons. The predicted molar refractivity (Wildman–Crippen MR) is 122 cm³/mol. The lowest BCUT2D eigenvalue weighted by molar-refractivity contribution is -0.193. The summed E-state index contributed by atoms with van der Waals surface area (Å²) in [6.07, 6.45) is -8.45. The fourth-order valence-corrected chi connectivity index (χ4v) is 4.00. The zero-order valence-electron chi connectivity index (χ0n) is 20.5. The summed E-state index contributed by atoms with van der Waals surface area (Å²) < 4.78 is 83.1. The zero-order chi connectivity index (χ0) is 30.1. The molecule has 2 aliphatic heterocycles. The van der Waals surface area contributed by atoms with Crippen molar-refractivity contribution < 1.29 is 60.1 Å². The van der Waals surface area contributed by atoms with E-state index in [9.17, 15) is 35.5 Å². The first-order valence-corrected chi connectivity index (χ1v) is 11.4. The van der Waals surface area contributed by atoms with Gasteiger partial charge in [0, 0.05) is 37.3 Å². The van der Waals surface area contributed by atoms with Crippen molar-refractivity contribution in [2.75, 3.05) is 26.3 Å². The number of halogens is 7. The van der Waals surface area contributed by atoms with Crippen molar-refractivity contribution in [3.05, 3.63) is 65.7 Å². The van der Waals surface area contributed by atoms with Gasteiger partial charge in [0.2, 0.25) is 5.91 Å². The van der Waals surface area contributed by atoms with Crippen molar-refractivity contribution in [2.24, 2.45) is 11.3 Å². The number of alkyl halides is 6. The van der Waals surface area contributed by atoms with Crippen LogP contribution in [-0.2, 0) is 32.2 Å². The minimum absolute atomic E-state index is 0.00156. The Morgan fingerprint density at radius 3 is 2.10 bits per heavy atom. The normalized spacial score (nSPS) is 20.3. The van der Waals surface area contributed by atoms with E-state index >= 15 is 0 Å². The second kappa shape index (κ2) is 13.5. The number of carbonyl (C=O) groups is 3. The van der Waals surface area contributed by atoms with Gasteiger partial charge in [0.25, 0.3) is 0 Å². The molecule has 2 saturated heterocycles. The number of hydrogen-bond donors (Lipinski definition) is 3. The van der Waals surface area contributed by atoms with Crippen LogP contribution in [0.3, 0.4) is 0 Å². The molecular formula is C24H24F7N3O6. The molecule has 2 atom stereocenters. The van der Waals surface area contributed by atoms with E-state index in [2.05, 4.69) is 15.2 Å². The van der Waals surface area contributed by atoms with Crippen LogP contribution in [0.4, 0.5) is 30.7 Å². The third-order valence-electron chi connectivity index (χ3n) is 5.89. The van der Waals surface area contributed by atoms with Crippen LogP contribution in [-0.4, -0.2) is 76.6 Å². The zero-order valence-corrected chi connectivity index (χ0v) is 20.5. The highest BCUT2D eigenvalue weighted by molar-refractivity contribution is 5.84. The molecule has 2 aromatic rings. The van der Waals surface area contributed by atoms with E-state index in [1.54, 1.807) is 18.3 Å². The number of nitrogens with zero attached hydrogens (tertiary/aromatic N) is 2. The van der Waals surface area contributed by atoms with Gasteiger partial charge < -0.3 is 20.3 Å². The van der Waals surface area contributed by atoms with Crippen LogP contribution in [0.15, 0.2) is 48.7 Å². The molecule has 0 unspecified atom stereocenters. The van der Waals surface area contributed by atoms with Crippen molar-refractivity contribution in [1.82, 2.24) is 15.2 Å². The number of rotatable bonds is 5. The average Bonchev–Trinajstić information content (AvgIpc) is 3.42. The Morgan fingerprint density at radius 2 is 1.57 bits per heavy atom. The molecule has 16 heteroatoms. The summed E-state index contributed by atoms with van der Waals surface area (Å²) in [6, 6.07) is 12.5. The summed E-state index contributed by atoms with van der Waals surface area (Å²) in [5, 5.41) is 17.3. The Bertz CT molecular complexity index is 1140. The van der Waals surface area contributed by atoms with Crippen LogP contribution >= 0.6 is 0 Å². The highest BCUT2D eigenvalue weighted by Gasteiger charge is 2.55. The average molecular weight is 583 g/mol. The largest absolute Gasteiger partial charge is 0.490 e. The highest BCUT2D eigenvalue weighted by Crippen LogP contribution is 2.42. The number of carboxylic acid groups (broad SMARTS) is 2. The minimum Gasteiger partial charge on any atom is -0.475 e. The lowest BCUT2D eigenvalue weighted by Crippen LogP contribution is -2.46. The number of fused-ring (bicyclic) bond motifs is 1. The van der Waals surface area contributed by atoms with Gasteiger partial charge in [0.15, 0.2) is 0 Å². The van der Waals surface area contributed by atoms with Crippen molar-refractivity contribution in [1.29, 1.82) is 0 Å². The third-order valence-corrected chi connectivity index (χ3v) is 5.89. The highest BCUT2D eigenvalue weighted by atomic mass is 19.4. The number of amides is 1. The van der Waals surface area contributed by atoms with Gasteiger partial charge in [-0.3, -0.25) is 14.7 Å². The molecule has 1 aromatic carbocycles. The molecule has 3 N–H and O–H groups in total. The first-order valence-electron chi connectivity index (χ1n) is 11.4. The number of likely N-dealkylation sites (tertiary alicyclic amines) is 1. The number of nitrogens with one attached hydrogen (secondary N) is 1. The number of pyridine rings is 1. The molecule has 3 heterocycles. The summed E-state index contributed by atoms with van der Waals surface area (Å²) in [6.45, 7) is 3.23. The molecule has 2 aliphatic rings. The Hall–Kier alpha value is -3.79. The summed E-state index contributed by atoms with van der Waals surface area (Å²) in [5.41, 5.74) is 0.936. The van der Waals surface area contributed by atoms with E-state index in [-0.39, 0.29) is 17.6 Å². The predicted octanol–water partition coefficient (Wildman–Crippen LogP) is 3.25. The first kappa shape index (κ1) is 32.4. The first-order chi connectivity index (χ1) is 18.6. The molecular weight excluding hydrogens is 559 g/mol. The van der Waals surface area contributed by atoms with Gasteiger partial charge in [-0.25, -0.2) is 14.0 Å². The Labute approximate surface area is 222 Å². The molecule has 0 aliphatic carbocycles. The quantitative estimate of drug-likeness (QED) is 0.458. The number of carbonyl (C=O) groups excluding carboxylic acids is 1. The monoisotopic (exact) mass is 583 g/mol. The van der Waals surface area contributed by atoms with Crippen LogP contribution in [0, 0.1) is 17.2 Å². The Kier molecular flexibility index (Phi) is 11.0. The standard InChI is InChI=1S/C20H22FN3O2.2C2HF3O2/c21-18-7-2-1-5-15(18)10-24-11-16-12-26-14-20(16,13-24)19(25)23-9-17-6-3-4-8-22-17;2*3-2(4,5)1(6)7/h1-8,16H,9-14H2,(H,23,25);2*(H,6,7)/t16-,20-;;/m1../s1. The lowest BCUT2D eigenvalue weighted by atomic mass is 9.80. The number of ether oxygens (including phenoxy) is 1. The fourth-order valence-electron chi connectivity index (χ4n) is 4.00. The van der Waals surface area contributed by atoms with Gasteiger partial charge in [-0.15, -0.1) is 0 Å². The van der Waals surface area contributed by atoms with E-state index in [4.69, 9.17) is 24.5 Å². The van der Waals surface area contributed by atoms with Crippen LogP contribution < -0.4 is 5.32 Å². The molecule has 0 bridgehead atoms. The molecule has 0 saturated carbocycles. The molecule has 0 spiro atoms. The fraction of sp³-hybridized carbons (Fsp3) is 0.417. The maximum absolute atomic E-state index is 14.0. The summed E-state index contributed by atoms with van der Waals surface area (Å²) in [7, 11) is 0. The van der Waals surface area contributed by atoms with E-state index in [0.717, 1.165) is 12.2 Å². The van der Waals surface area contributed by atoms with Crippen LogP contribution in [0.5, 0.6) is 0 Å². The summed E-state index contributed by atoms with van der Waals surface area (Å²) in [5.74, 6) is -5.57. The van der Waals surface area contributed by atoms with Crippen molar-refractivity contribution in [3.63, 3.8) is 0 Å². The van der Waals surface area contributed by atoms with E-state index in [1.807, 2.05) is 24.3 Å². The summed E-state index contributed by atoms with van der Waals surface area (Å²) >= 11 is 0. The number of benzene rings is 1. The van der Waals surface area contributed by atoms with Crippen LogP contribution in [0.1, 0.15) is 11.3 Å². The maximum Gasteiger partial charge on any atom is 0.490 e. The molecule has 4 rings (SSSR count). The van der Waals surface area contributed by atoms with Crippen molar-refractivity contribution >= 4 is 17.8 Å². The van der Waals surface area contributed by atoms with Gasteiger partial charge in [-0.2, -0.15) is 26.3 Å². The van der Waals surface area contributed by atoms with E-state index in [1.165, 1.54) is 6.07 Å².